The van der Waals surface area contributed by atoms with E-state index in [1.165, 1.54) is 0 Å². The molecule has 0 bridgehead atoms. The van der Waals surface area contributed by atoms with Crippen molar-refractivity contribution >= 4 is 43.2 Å². The van der Waals surface area contributed by atoms with Crippen LogP contribution in [0.5, 0.6) is 0 Å². The summed E-state index contributed by atoms with van der Waals surface area (Å²) in [4.78, 5) is 34.9. The number of nitrogens with one attached hydrogen (secondary N) is 2. The number of hydrogen-bond donors (Lipinski definition) is 2. The fourth-order valence-electron chi connectivity index (χ4n) is 3.52. The van der Waals surface area contributed by atoms with Crippen molar-refractivity contribution in [3.8, 4) is 0 Å². The summed E-state index contributed by atoms with van der Waals surface area (Å²) in [6.07, 6.45) is 0.471. The monoisotopic (exact) mass is 584 g/mol. The number of nitro groups is 2. The molecule has 1 aromatic carbocycles. The summed E-state index contributed by atoms with van der Waals surface area (Å²) < 4.78 is 65.6. The van der Waals surface area contributed by atoms with Gasteiger partial charge in [-0.25, -0.2) is 0 Å². The van der Waals surface area contributed by atoms with Crippen molar-refractivity contribution in [2.24, 2.45) is 0 Å². The Morgan fingerprint density at radius 3 is 2.16 bits per heavy atom. The molecule has 214 valence electrons. The molecule has 1 fully saturated rings. The Morgan fingerprint density at radius 1 is 1.08 bits per heavy atom. The number of hydrogen-bond acceptors (Lipinski definition) is 14. The van der Waals surface area contributed by atoms with Gasteiger partial charge in [-0.05, 0) is 13.8 Å². The zero-order valence-corrected chi connectivity index (χ0v) is 22.5. The van der Waals surface area contributed by atoms with Crippen LogP contribution >= 0.6 is 0 Å². The maximum atomic E-state index is 13.2. The third kappa shape index (κ3) is 9.40. The van der Waals surface area contributed by atoms with Crippen molar-refractivity contribution in [3.05, 3.63) is 37.4 Å². The molecule has 2 N–H and O–H groups in total. The molecule has 1 aromatic rings. The molecule has 0 aromatic heterocycles. The van der Waals surface area contributed by atoms with Gasteiger partial charge in [0, 0.05) is 25.1 Å². The van der Waals surface area contributed by atoms with Crippen LogP contribution in [-0.4, -0.2) is 89.9 Å². The molecule has 1 unspecified atom stereocenters. The number of benzene rings is 1. The number of carbonyl (C=O) groups excluding carboxylic acids is 1. The molecule has 0 aliphatic carbocycles. The first-order chi connectivity index (χ1) is 17.4. The standard InChI is InChI=1S/C19H28N4O13S2/c1-19(2)33-11-12(36-19)10-21-18(24)16-13(5-7-34-37(3,29)30)17(20-6-8-35-38(4,31)32)15(23(27)28)9-14(16)22(25)26/h9,12,20H,5-8,10-11H2,1-4H3,(H,21,24). The van der Waals surface area contributed by atoms with E-state index < -0.39 is 84.5 Å². The van der Waals surface area contributed by atoms with Crippen LogP contribution in [0.25, 0.3) is 0 Å². The summed E-state index contributed by atoms with van der Waals surface area (Å²) in [6, 6.07) is 0.577. The summed E-state index contributed by atoms with van der Waals surface area (Å²) in [5, 5.41) is 28.7. The predicted octanol–water partition coefficient (Wildman–Crippen LogP) is 0.291. The number of nitro benzene ring substituents is 2. The number of amides is 1. The lowest BCUT2D eigenvalue weighted by molar-refractivity contribution is -0.393. The Labute approximate surface area is 218 Å². The van der Waals surface area contributed by atoms with Crippen LogP contribution < -0.4 is 10.6 Å². The van der Waals surface area contributed by atoms with E-state index in [9.17, 15) is 41.9 Å². The van der Waals surface area contributed by atoms with E-state index in [0.717, 1.165) is 12.5 Å². The zero-order chi connectivity index (χ0) is 28.9. The number of carbonyl (C=O) groups is 1. The van der Waals surface area contributed by atoms with Gasteiger partial charge in [-0.1, -0.05) is 0 Å². The van der Waals surface area contributed by atoms with E-state index in [0.29, 0.717) is 6.07 Å². The second-order valence-electron chi connectivity index (χ2n) is 8.55. The molecule has 2 rings (SSSR count). The van der Waals surface area contributed by atoms with Crippen molar-refractivity contribution in [1.29, 1.82) is 0 Å². The lowest BCUT2D eigenvalue weighted by Crippen LogP contribution is -2.35. The maximum absolute atomic E-state index is 13.2. The van der Waals surface area contributed by atoms with Gasteiger partial charge < -0.3 is 20.1 Å². The summed E-state index contributed by atoms with van der Waals surface area (Å²) >= 11 is 0. The van der Waals surface area contributed by atoms with E-state index in [-0.39, 0.29) is 30.9 Å². The molecule has 1 amide bonds. The topological polar surface area (TPSA) is 233 Å². The summed E-state index contributed by atoms with van der Waals surface area (Å²) in [7, 11) is -7.81. The summed E-state index contributed by atoms with van der Waals surface area (Å²) in [6.45, 7) is 1.90. The molecule has 17 nitrogen and oxygen atoms in total. The molecular weight excluding hydrogens is 556 g/mol. The van der Waals surface area contributed by atoms with E-state index in [4.69, 9.17) is 13.7 Å². The van der Waals surface area contributed by atoms with Crippen LogP contribution in [0, 0.1) is 20.2 Å². The first-order valence-electron chi connectivity index (χ1n) is 10.9. The Balaban J connectivity index is 2.53. The SMILES string of the molecule is CC1(C)OCC(CNC(=O)c2c([N+](=O)[O-])cc([N+](=O)[O-])c(NCCOS(C)(=O)=O)c2CCOS(C)(=O)=O)O1. The van der Waals surface area contributed by atoms with Gasteiger partial charge in [-0.15, -0.1) is 0 Å². The minimum atomic E-state index is -3.97. The highest BCUT2D eigenvalue weighted by Gasteiger charge is 2.36. The Kier molecular flexibility index (Phi) is 10.1. The third-order valence-electron chi connectivity index (χ3n) is 4.92. The van der Waals surface area contributed by atoms with Crippen molar-refractivity contribution in [2.75, 3.05) is 50.7 Å². The zero-order valence-electron chi connectivity index (χ0n) is 20.9. The highest BCUT2D eigenvalue weighted by Crippen LogP contribution is 2.38. The molecule has 0 spiro atoms. The highest BCUT2D eigenvalue weighted by molar-refractivity contribution is 7.86. The summed E-state index contributed by atoms with van der Waals surface area (Å²) in [5.41, 5.74) is -2.97. The number of nitrogens with zero attached hydrogens (tertiary/aromatic N) is 2. The normalized spacial score (nSPS) is 17.2. The van der Waals surface area contributed by atoms with Gasteiger partial charge in [0.25, 0.3) is 37.5 Å². The van der Waals surface area contributed by atoms with Crippen molar-refractivity contribution in [1.82, 2.24) is 5.32 Å². The highest BCUT2D eigenvalue weighted by atomic mass is 32.2. The molecule has 38 heavy (non-hydrogen) atoms. The smallest absolute Gasteiger partial charge is 0.299 e. The van der Waals surface area contributed by atoms with Gasteiger partial charge in [0.1, 0.15) is 17.4 Å². The Bertz CT molecular complexity index is 1300. The molecular formula is C19H28N4O13S2. The van der Waals surface area contributed by atoms with Gasteiger partial charge in [-0.2, -0.15) is 16.8 Å². The van der Waals surface area contributed by atoms with E-state index in [1.54, 1.807) is 13.8 Å². The Hall–Kier alpha value is -2.97. The van der Waals surface area contributed by atoms with Gasteiger partial charge in [-0.3, -0.25) is 33.4 Å². The molecule has 1 aliphatic heterocycles. The van der Waals surface area contributed by atoms with E-state index >= 15 is 0 Å². The van der Waals surface area contributed by atoms with Crippen LogP contribution in [0.1, 0.15) is 29.8 Å². The van der Waals surface area contributed by atoms with Gasteiger partial charge >= 0.3 is 0 Å². The lowest BCUT2D eigenvalue weighted by Gasteiger charge is -2.19. The number of rotatable bonds is 14. The van der Waals surface area contributed by atoms with E-state index in [2.05, 4.69) is 14.8 Å². The van der Waals surface area contributed by atoms with Crippen molar-refractivity contribution in [3.63, 3.8) is 0 Å². The summed E-state index contributed by atoms with van der Waals surface area (Å²) in [5.74, 6) is -1.90. The average molecular weight is 585 g/mol. The van der Waals surface area contributed by atoms with E-state index in [1.807, 2.05) is 0 Å². The number of anilines is 1. The fourth-order valence-corrected chi connectivity index (χ4v) is 4.29. The van der Waals surface area contributed by atoms with Crippen LogP contribution in [0.2, 0.25) is 0 Å². The molecule has 1 heterocycles. The second kappa shape index (κ2) is 12.3. The first-order valence-corrected chi connectivity index (χ1v) is 14.5. The van der Waals surface area contributed by atoms with Crippen molar-refractivity contribution in [2.45, 2.75) is 32.2 Å². The molecule has 1 atom stereocenters. The number of ether oxygens (including phenoxy) is 2. The molecule has 19 heteroatoms. The largest absolute Gasteiger partial charge is 0.377 e. The minimum absolute atomic E-state index is 0.123. The first kappa shape index (κ1) is 31.2. The fraction of sp³-hybridized carbons (Fsp3) is 0.632. The predicted molar refractivity (Wildman–Crippen MR) is 131 cm³/mol. The van der Waals surface area contributed by atoms with Crippen molar-refractivity contribution < 1.29 is 49.3 Å². The van der Waals surface area contributed by atoms with Crippen LogP contribution in [-0.2, 0) is 44.5 Å². The third-order valence-corrected chi connectivity index (χ3v) is 6.11. The molecule has 1 saturated heterocycles. The van der Waals surface area contributed by atoms with Gasteiger partial charge in [0.05, 0.1) is 48.2 Å². The molecule has 0 saturated carbocycles. The van der Waals surface area contributed by atoms with Crippen LogP contribution in [0.3, 0.4) is 0 Å². The van der Waals surface area contributed by atoms with Crippen LogP contribution in [0.4, 0.5) is 17.1 Å². The quantitative estimate of drug-likeness (QED) is 0.129. The molecule has 1 aliphatic rings. The van der Waals surface area contributed by atoms with Gasteiger partial charge in [0.2, 0.25) is 0 Å². The maximum Gasteiger partial charge on any atom is 0.299 e. The van der Waals surface area contributed by atoms with Crippen LogP contribution in [0.15, 0.2) is 6.07 Å². The molecule has 0 radical (unpaired) electrons. The second-order valence-corrected chi connectivity index (χ2v) is 11.8. The minimum Gasteiger partial charge on any atom is -0.377 e. The average Bonchev–Trinajstić information content (AvgIpc) is 3.11. The van der Waals surface area contributed by atoms with Gasteiger partial charge in [0.15, 0.2) is 5.79 Å². The lowest BCUT2D eigenvalue weighted by atomic mass is 9.97. The Morgan fingerprint density at radius 2 is 1.66 bits per heavy atom.